The zero-order chi connectivity index (χ0) is 19.2. The minimum absolute atomic E-state index is 0.346. The van der Waals surface area contributed by atoms with Gasteiger partial charge in [0.2, 0.25) is 0 Å². The Morgan fingerprint density at radius 1 is 1.19 bits per heavy atom. The first-order chi connectivity index (χ1) is 13.1. The number of para-hydroxylation sites is 1. The summed E-state index contributed by atoms with van der Waals surface area (Å²) in [7, 11) is 0. The molecule has 2 N–H and O–H groups in total. The first-order valence-corrected chi connectivity index (χ1v) is 8.76. The van der Waals surface area contributed by atoms with Gasteiger partial charge < -0.3 is 4.74 Å². The van der Waals surface area contributed by atoms with Gasteiger partial charge in [-0.1, -0.05) is 24.3 Å². The number of nitrogens with one attached hydrogen (secondary N) is 2. The molecule has 1 heterocycles. The molecule has 1 aromatic heterocycles. The summed E-state index contributed by atoms with van der Waals surface area (Å²) >= 11 is 0. The maximum atomic E-state index is 12.3. The van der Waals surface area contributed by atoms with Crippen molar-refractivity contribution in [2.24, 2.45) is 5.10 Å². The molecule has 0 unspecified atom stereocenters. The van der Waals surface area contributed by atoms with E-state index in [2.05, 4.69) is 33.7 Å². The lowest BCUT2D eigenvalue weighted by Gasteiger charge is -2.05. The zero-order valence-electron chi connectivity index (χ0n) is 15.6. The van der Waals surface area contributed by atoms with E-state index in [1.165, 1.54) is 11.1 Å². The number of carbonyl (C=O) groups is 1. The van der Waals surface area contributed by atoms with Crippen molar-refractivity contribution in [3.8, 4) is 17.0 Å². The van der Waals surface area contributed by atoms with Gasteiger partial charge in [-0.25, -0.2) is 5.43 Å². The van der Waals surface area contributed by atoms with Crippen LogP contribution in [0.5, 0.6) is 5.75 Å². The zero-order valence-corrected chi connectivity index (χ0v) is 15.6. The van der Waals surface area contributed by atoms with E-state index in [9.17, 15) is 4.79 Å². The van der Waals surface area contributed by atoms with E-state index in [0.29, 0.717) is 18.0 Å². The molecule has 6 heteroatoms. The standard InChI is InChI=1S/C21H22N4O2/c1-4-27-20-8-6-5-7-17(20)13-22-25-21(26)19-12-18(23-24-19)16-10-9-14(2)15(3)11-16/h5-13H,4H2,1-3H3,(H,23,24)(H,25,26)/b22-13-. The number of amides is 1. The van der Waals surface area contributed by atoms with Crippen molar-refractivity contribution in [2.75, 3.05) is 6.61 Å². The molecule has 0 bridgehead atoms. The van der Waals surface area contributed by atoms with Crippen molar-refractivity contribution in [1.29, 1.82) is 0 Å². The molecule has 0 radical (unpaired) electrons. The van der Waals surface area contributed by atoms with Crippen molar-refractivity contribution in [3.63, 3.8) is 0 Å². The highest BCUT2D eigenvalue weighted by Crippen LogP contribution is 2.21. The lowest BCUT2D eigenvalue weighted by Crippen LogP contribution is -2.18. The molecule has 0 aliphatic carbocycles. The number of aryl methyl sites for hydroxylation is 2. The maximum Gasteiger partial charge on any atom is 0.289 e. The molecule has 3 rings (SSSR count). The van der Waals surface area contributed by atoms with Gasteiger partial charge in [0.15, 0.2) is 0 Å². The second-order valence-corrected chi connectivity index (χ2v) is 6.14. The highest BCUT2D eigenvalue weighted by atomic mass is 16.5. The SMILES string of the molecule is CCOc1ccccc1/C=N\NC(=O)c1cc(-c2ccc(C)c(C)c2)n[nH]1. The normalized spacial score (nSPS) is 10.9. The van der Waals surface area contributed by atoms with Gasteiger partial charge in [0.05, 0.1) is 18.5 Å². The van der Waals surface area contributed by atoms with E-state index in [4.69, 9.17) is 4.74 Å². The smallest absolute Gasteiger partial charge is 0.289 e. The van der Waals surface area contributed by atoms with Crippen LogP contribution in [-0.4, -0.2) is 28.9 Å². The van der Waals surface area contributed by atoms with Gasteiger partial charge in [-0.05, 0) is 56.2 Å². The van der Waals surface area contributed by atoms with Crippen LogP contribution in [0.1, 0.15) is 34.1 Å². The lowest BCUT2D eigenvalue weighted by molar-refractivity contribution is 0.0950. The molecule has 0 saturated heterocycles. The van der Waals surface area contributed by atoms with Crippen molar-refractivity contribution in [2.45, 2.75) is 20.8 Å². The lowest BCUT2D eigenvalue weighted by atomic mass is 10.0. The molecule has 138 valence electrons. The molecule has 0 fully saturated rings. The average molecular weight is 362 g/mol. The number of benzene rings is 2. The number of hydrazone groups is 1. The Hall–Kier alpha value is -3.41. The fourth-order valence-electron chi connectivity index (χ4n) is 2.58. The predicted molar refractivity (Wildman–Crippen MR) is 106 cm³/mol. The van der Waals surface area contributed by atoms with Gasteiger partial charge >= 0.3 is 0 Å². The third-order valence-electron chi connectivity index (χ3n) is 4.21. The number of nitrogens with zero attached hydrogens (tertiary/aromatic N) is 2. The molecule has 0 aliphatic heterocycles. The van der Waals surface area contributed by atoms with Crippen LogP contribution in [-0.2, 0) is 0 Å². The molecule has 27 heavy (non-hydrogen) atoms. The fourth-order valence-corrected chi connectivity index (χ4v) is 2.58. The Balaban J connectivity index is 1.69. The molecule has 0 spiro atoms. The molecule has 3 aromatic rings. The number of ether oxygens (including phenoxy) is 1. The third-order valence-corrected chi connectivity index (χ3v) is 4.21. The summed E-state index contributed by atoms with van der Waals surface area (Å²) in [5, 5.41) is 11.0. The van der Waals surface area contributed by atoms with Crippen LogP contribution in [0, 0.1) is 13.8 Å². The van der Waals surface area contributed by atoms with E-state index in [1.807, 2.05) is 50.2 Å². The maximum absolute atomic E-state index is 12.3. The van der Waals surface area contributed by atoms with Crippen LogP contribution in [0.2, 0.25) is 0 Å². The molecule has 1 amide bonds. The number of carbonyl (C=O) groups excluding carboxylic acids is 1. The molecular weight excluding hydrogens is 340 g/mol. The molecular formula is C21H22N4O2. The minimum atomic E-state index is -0.359. The Morgan fingerprint density at radius 2 is 2.00 bits per heavy atom. The van der Waals surface area contributed by atoms with Crippen LogP contribution in [0.25, 0.3) is 11.3 Å². The van der Waals surface area contributed by atoms with Gasteiger partial charge in [0, 0.05) is 11.1 Å². The van der Waals surface area contributed by atoms with Crippen LogP contribution < -0.4 is 10.2 Å². The number of aromatic amines is 1. The highest BCUT2D eigenvalue weighted by Gasteiger charge is 2.11. The molecule has 0 aliphatic rings. The van der Waals surface area contributed by atoms with Gasteiger partial charge in [0.25, 0.3) is 5.91 Å². The first kappa shape index (κ1) is 18.4. The fraction of sp³-hybridized carbons (Fsp3) is 0.190. The number of hydrogen-bond donors (Lipinski definition) is 2. The van der Waals surface area contributed by atoms with E-state index in [1.54, 1.807) is 12.3 Å². The Kier molecular flexibility index (Phi) is 5.66. The first-order valence-electron chi connectivity index (χ1n) is 8.76. The number of H-pyrrole nitrogens is 1. The van der Waals surface area contributed by atoms with Gasteiger partial charge in [-0.15, -0.1) is 0 Å². The molecule has 2 aromatic carbocycles. The summed E-state index contributed by atoms with van der Waals surface area (Å²) in [5.41, 5.74) is 7.72. The number of aromatic nitrogens is 2. The van der Waals surface area contributed by atoms with Crippen molar-refractivity contribution >= 4 is 12.1 Å². The Morgan fingerprint density at radius 3 is 2.78 bits per heavy atom. The van der Waals surface area contributed by atoms with Gasteiger partial charge in [0.1, 0.15) is 11.4 Å². The molecule has 0 atom stereocenters. The topological polar surface area (TPSA) is 79.4 Å². The minimum Gasteiger partial charge on any atom is -0.493 e. The quantitative estimate of drug-likeness (QED) is 0.516. The number of rotatable bonds is 6. The Bertz CT molecular complexity index is 976. The van der Waals surface area contributed by atoms with Crippen molar-refractivity contribution in [1.82, 2.24) is 15.6 Å². The van der Waals surface area contributed by atoms with E-state index >= 15 is 0 Å². The second kappa shape index (κ2) is 8.31. The predicted octanol–water partition coefficient (Wildman–Crippen LogP) is 3.86. The van der Waals surface area contributed by atoms with Crippen LogP contribution in [0.4, 0.5) is 0 Å². The van der Waals surface area contributed by atoms with Crippen molar-refractivity contribution in [3.05, 3.63) is 70.9 Å². The largest absolute Gasteiger partial charge is 0.493 e. The molecule has 0 saturated carbocycles. The Labute approximate surface area is 158 Å². The summed E-state index contributed by atoms with van der Waals surface area (Å²) in [6.45, 7) is 6.59. The van der Waals surface area contributed by atoms with Crippen LogP contribution >= 0.6 is 0 Å². The molecule has 6 nitrogen and oxygen atoms in total. The van der Waals surface area contributed by atoms with E-state index in [-0.39, 0.29) is 5.91 Å². The monoisotopic (exact) mass is 362 g/mol. The van der Waals surface area contributed by atoms with Gasteiger partial charge in [-0.2, -0.15) is 10.2 Å². The van der Waals surface area contributed by atoms with Crippen LogP contribution in [0.15, 0.2) is 53.6 Å². The number of hydrogen-bond acceptors (Lipinski definition) is 4. The summed E-state index contributed by atoms with van der Waals surface area (Å²) in [6, 6.07) is 15.3. The van der Waals surface area contributed by atoms with Crippen molar-refractivity contribution < 1.29 is 9.53 Å². The summed E-state index contributed by atoms with van der Waals surface area (Å²) in [6.07, 6.45) is 1.56. The van der Waals surface area contributed by atoms with E-state index < -0.39 is 0 Å². The summed E-state index contributed by atoms with van der Waals surface area (Å²) < 4.78 is 5.53. The summed E-state index contributed by atoms with van der Waals surface area (Å²) in [4.78, 5) is 12.3. The summed E-state index contributed by atoms with van der Waals surface area (Å²) in [5.74, 6) is 0.360. The van der Waals surface area contributed by atoms with Crippen LogP contribution in [0.3, 0.4) is 0 Å². The van der Waals surface area contributed by atoms with E-state index in [0.717, 1.165) is 16.9 Å². The highest BCUT2D eigenvalue weighted by molar-refractivity contribution is 5.94. The van der Waals surface area contributed by atoms with Gasteiger partial charge in [-0.3, -0.25) is 9.89 Å². The third kappa shape index (κ3) is 4.41. The second-order valence-electron chi connectivity index (χ2n) is 6.14. The average Bonchev–Trinajstić information content (AvgIpc) is 3.16.